The van der Waals surface area contributed by atoms with Gasteiger partial charge < -0.3 is 9.73 Å². The molecule has 0 aromatic carbocycles. The zero-order valence-electron chi connectivity index (χ0n) is 8.69. The molecule has 2 aromatic rings. The van der Waals surface area contributed by atoms with E-state index in [1.54, 1.807) is 24.6 Å². The van der Waals surface area contributed by atoms with Gasteiger partial charge in [0.1, 0.15) is 5.76 Å². The number of thiazole rings is 1. The Morgan fingerprint density at radius 2 is 2.50 bits per heavy atom. The molecular formula is C10H11N3O2S. The lowest BCUT2D eigenvalue weighted by Gasteiger charge is -2.02. The molecule has 0 saturated heterocycles. The molecule has 6 heteroatoms. The first-order chi connectivity index (χ1) is 7.74. The number of nitrogens with one attached hydrogen (secondary N) is 2. The summed E-state index contributed by atoms with van der Waals surface area (Å²) < 4.78 is 5.08. The van der Waals surface area contributed by atoms with Crippen molar-refractivity contribution in [3.05, 3.63) is 35.2 Å². The number of amides is 2. The molecule has 84 valence electrons. The third-order valence-electron chi connectivity index (χ3n) is 1.85. The Hall–Kier alpha value is -1.82. The molecule has 5 nitrogen and oxygen atoms in total. The van der Waals surface area contributed by atoms with Crippen molar-refractivity contribution in [3.63, 3.8) is 0 Å². The van der Waals surface area contributed by atoms with Crippen LogP contribution in [0, 0.1) is 6.92 Å². The molecule has 0 aliphatic rings. The number of aryl methyl sites for hydroxylation is 1. The molecule has 0 bridgehead atoms. The van der Waals surface area contributed by atoms with Crippen LogP contribution in [0.5, 0.6) is 0 Å². The summed E-state index contributed by atoms with van der Waals surface area (Å²) in [7, 11) is 0. The van der Waals surface area contributed by atoms with E-state index >= 15 is 0 Å². The fraction of sp³-hybridized carbons (Fsp3) is 0.200. The van der Waals surface area contributed by atoms with Crippen molar-refractivity contribution < 1.29 is 9.21 Å². The normalized spacial score (nSPS) is 10.1. The van der Waals surface area contributed by atoms with E-state index < -0.39 is 0 Å². The Labute approximate surface area is 96.5 Å². The number of rotatable bonds is 3. The van der Waals surface area contributed by atoms with E-state index in [1.807, 2.05) is 6.92 Å². The molecule has 16 heavy (non-hydrogen) atoms. The van der Waals surface area contributed by atoms with Crippen LogP contribution in [0.15, 0.2) is 29.0 Å². The molecule has 2 heterocycles. The number of carbonyl (C=O) groups excluding carboxylic acids is 1. The van der Waals surface area contributed by atoms with Gasteiger partial charge in [-0.3, -0.25) is 5.32 Å². The van der Waals surface area contributed by atoms with Gasteiger partial charge in [-0.1, -0.05) is 0 Å². The molecule has 0 fully saturated rings. The summed E-state index contributed by atoms with van der Waals surface area (Å²) in [6, 6.07) is 3.29. The molecular weight excluding hydrogens is 226 g/mol. The van der Waals surface area contributed by atoms with Gasteiger partial charge in [0.25, 0.3) is 0 Å². The Kier molecular flexibility index (Phi) is 3.21. The maximum atomic E-state index is 11.4. The predicted octanol–water partition coefficient (Wildman–Crippen LogP) is 2.37. The van der Waals surface area contributed by atoms with Gasteiger partial charge >= 0.3 is 6.03 Å². The maximum absolute atomic E-state index is 11.4. The Balaban J connectivity index is 1.81. The van der Waals surface area contributed by atoms with Crippen LogP contribution in [0.25, 0.3) is 0 Å². The molecule has 2 rings (SSSR count). The number of anilines is 1. The zero-order chi connectivity index (χ0) is 11.4. The van der Waals surface area contributed by atoms with Crippen molar-refractivity contribution in [2.75, 3.05) is 5.32 Å². The zero-order valence-corrected chi connectivity index (χ0v) is 9.50. The van der Waals surface area contributed by atoms with Crippen LogP contribution in [0.4, 0.5) is 9.93 Å². The van der Waals surface area contributed by atoms with Crippen LogP contribution in [-0.2, 0) is 6.54 Å². The van der Waals surface area contributed by atoms with Crippen molar-refractivity contribution >= 4 is 22.5 Å². The van der Waals surface area contributed by atoms with Gasteiger partial charge in [-0.15, -0.1) is 11.3 Å². The Morgan fingerprint density at radius 3 is 3.12 bits per heavy atom. The lowest BCUT2D eigenvalue weighted by molar-refractivity contribution is 0.251. The highest BCUT2D eigenvalue weighted by Crippen LogP contribution is 2.15. The number of aromatic nitrogens is 1. The van der Waals surface area contributed by atoms with Gasteiger partial charge in [-0.25, -0.2) is 9.78 Å². The monoisotopic (exact) mass is 237 g/mol. The van der Waals surface area contributed by atoms with E-state index in [2.05, 4.69) is 15.6 Å². The quantitative estimate of drug-likeness (QED) is 0.861. The van der Waals surface area contributed by atoms with Gasteiger partial charge in [0.05, 0.1) is 12.8 Å². The van der Waals surface area contributed by atoms with Crippen molar-refractivity contribution in [1.29, 1.82) is 0 Å². The largest absolute Gasteiger partial charge is 0.467 e. The summed E-state index contributed by atoms with van der Waals surface area (Å²) in [6.07, 6.45) is 3.28. The smallest absolute Gasteiger partial charge is 0.321 e. The van der Waals surface area contributed by atoms with Crippen molar-refractivity contribution in [1.82, 2.24) is 10.3 Å². The minimum Gasteiger partial charge on any atom is -0.467 e. The molecule has 0 atom stereocenters. The van der Waals surface area contributed by atoms with Crippen LogP contribution >= 0.6 is 11.3 Å². The highest BCUT2D eigenvalue weighted by atomic mass is 32.1. The maximum Gasteiger partial charge on any atom is 0.321 e. The summed E-state index contributed by atoms with van der Waals surface area (Å²) in [6.45, 7) is 2.30. The molecule has 2 N–H and O–H groups in total. The van der Waals surface area contributed by atoms with Gasteiger partial charge in [-0.05, 0) is 19.1 Å². The third kappa shape index (κ3) is 2.83. The first kappa shape index (κ1) is 10.7. The van der Waals surface area contributed by atoms with E-state index in [0.29, 0.717) is 17.4 Å². The fourth-order valence-electron chi connectivity index (χ4n) is 1.13. The van der Waals surface area contributed by atoms with Crippen LogP contribution in [0.3, 0.4) is 0 Å². The van der Waals surface area contributed by atoms with Crippen molar-refractivity contribution in [2.24, 2.45) is 0 Å². The van der Waals surface area contributed by atoms with Gasteiger partial charge in [-0.2, -0.15) is 0 Å². The molecule has 2 amide bonds. The number of nitrogens with zero attached hydrogens (tertiary/aromatic N) is 1. The summed E-state index contributed by atoms with van der Waals surface area (Å²) in [5, 5.41) is 5.90. The second-order valence-corrected chi connectivity index (χ2v) is 4.40. The highest BCUT2D eigenvalue weighted by molar-refractivity contribution is 7.15. The predicted molar refractivity (Wildman–Crippen MR) is 61.4 cm³/mol. The lowest BCUT2D eigenvalue weighted by atomic mass is 10.4. The van der Waals surface area contributed by atoms with Crippen molar-refractivity contribution in [2.45, 2.75) is 13.5 Å². The minimum absolute atomic E-state index is 0.286. The minimum atomic E-state index is -0.286. The standard InChI is InChI=1S/C10H11N3O2S/c1-7-5-12-10(16-7)13-9(14)11-6-8-3-2-4-15-8/h2-5H,6H2,1H3,(H2,11,12,13,14). The molecule has 0 aliphatic heterocycles. The first-order valence-corrected chi connectivity index (χ1v) is 5.55. The highest BCUT2D eigenvalue weighted by Gasteiger charge is 2.05. The third-order valence-corrected chi connectivity index (χ3v) is 2.67. The number of hydrogen-bond acceptors (Lipinski definition) is 4. The molecule has 0 spiro atoms. The number of furan rings is 1. The van der Waals surface area contributed by atoms with E-state index in [0.717, 1.165) is 4.88 Å². The molecule has 0 radical (unpaired) electrons. The summed E-state index contributed by atoms with van der Waals surface area (Å²) in [4.78, 5) is 16.5. The topological polar surface area (TPSA) is 67.2 Å². The molecule has 0 unspecified atom stereocenters. The number of urea groups is 1. The van der Waals surface area contributed by atoms with Crippen LogP contribution in [-0.4, -0.2) is 11.0 Å². The van der Waals surface area contributed by atoms with Gasteiger partial charge in [0.15, 0.2) is 5.13 Å². The number of carbonyl (C=O) groups is 1. The second kappa shape index (κ2) is 4.80. The summed E-state index contributed by atoms with van der Waals surface area (Å²) in [5.74, 6) is 0.713. The average molecular weight is 237 g/mol. The Morgan fingerprint density at radius 1 is 1.62 bits per heavy atom. The van der Waals surface area contributed by atoms with Gasteiger partial charge in [0, 0.05) is 11.1 Å². The number of hydrogen-bond donors (Lipinski definition) is 2. The van der Waals surface area contributed by atoms with Crippen LogP contribution < -0.4 is 10.6 Å². The average Bonchev–Trinajstić information content (AvgIpc) is 2.87. The van der Waals surface area contributed by atoms with Crippen LogP contribution in [0.1, 0.15) is 10.6 Å². The molecule has 2 aromatic heterocycles. The lowest BCUT2D eigenvalue weighted by Crippen LogP contribution is -2.27. The Bertz CT molecular complexity index is 464. The van der Waals surface area contributed by atoms with E-state index in [-0.39, 0.29) is 6.03 Å². The van der Waals surface area contributed by atoms with E-state index in [9.17, 15) is 4.79 Å². The van der Waals surface area contributed by atoms with Gasteiger partial charge in [0.2, 0.25) is 0 Å². The molecule has 0 aliphatic carbocycles. The fourth-order valence-corrected chi connectivity index (χ4v) is 1.79. The van der Waals surface area contributed by atoms with Crippen LogP contribution in [0.2, 0.25) is 0 Å². The van der Waals surface area contributed by atoms with Crippen molar-refractivity contribution in [3.8, 4) is 0 Å². The summed E-state index contributed by atoms with van der Waals surface area (Å²) >= 11 is 1.43. The van der Waals surface area contributed by atoms with E-state index in [4.69, 9.17) is 4.42 Å². The molecule has 0 saturated carbocycles. The first-order valence-electron chi connectivity index (χ1n) is 4.74. The SMILES string of the molecule is Cc1cnc(NC(=O)NCc2ccco2)s1. The second-order valence-electron chi connectivity index (χ2n) is 3.16. The summed E-state index contributed by atoms with van der Waals surface area (Å²) in [5.41, 5.74) is 0. The van der Waals surface area contributed by atoms with E-state index in [1.165, 1.54) is 11.3 Å².